The first-order valence-corrected chi connectivity index (χ1v) is 15.4. The first kappa shape index (κ1) is 31.9. The molecule has 1 aliphatic heterocycles. The van der Waals surface area contributed by atoms with Gasteiger partial charge in [-0.2, -0.15) is 0 Å². The number of amides is 3. The molecule has 3 atom stereocenters. The molecule has 0 saturated carbocycles. The third-order valence-electron chi connectivity index (χ3n) is 7.48. The fourth-order valence-electron chi connectivity index (χ4n) is 5.00. The molecule has 0 spiro atoms. The summed E-state index contributed by atoms with van der Waals surface area (Å²) in [4.78, 5) is 43.2. The number of nitrogens with zero attached hydrogens (tertiary/aromatic N) is 2. The van der Waals surface area contributed by atoms with Crippen LogP contribution in [-0.4, -0.2) is 78.2 Å². The molecule has 4 rings (SSSR count). The predicted octanol–water partition coefficient (Wildman–Crippen LogP) is 3.05. The van der Waals surface area contributed by atoms with Crippen molar-refractivity contribution in [2.45, 2.75) is 45.0 Å². The number of nitrogens with one attached hydrogen (secondary N) is 2. The van der Waals surface area contributed by atoms with Gasteiger partial charge in [0.1, 0.15) is 11.8 Å². The van der Waals surface area contributed by atoms with Crippen molar-refractivity contribution in [1.29, 1.82) is 0 Å². The molecule has 1 heterocycles. The first-order valence-electron chi connectivity index (χ1n) is 14.3. The maximum Gasteiger partial charge on any atom is 0.258 e. The highest BCUT2D eigenvalue weighted by Gasteiger charge is 2.40. The molecule has 0 aromatic heterocycles. The highest BCUT2D eigenvalue weighted by Crippen LogP contribution is 2.30. The zero-order valence-corrected chi connectivity index (χ0v) is 25.9. The number of carbonyl (C=O) groups excluding carboxylic acids is 3. The van der Waals surface area contributed by atoms with Crippen molar-refractivity contribution in [3.05, 3.63) is 95.1 Å². The minimum atomic E-state index is -1.56. The van der Waals surface area contributed by atoms with Gasteiger partial charge in [0.2, 0.25) is 5.91 Å². The van der Waals surface area contributed by atoms with E-state index in [0.29, 0.717) is 18.0 Å². The van der Waals surface area contributed by atoms with Gasteiger partial charge in [0.15, 0.2) is 12.7 Å². The van der Waals surface area contributed by atoms with Crippen LogP contribution in [-0.2, 0) is 27.3 Å². The Morgan fingerprint density at radius 1 is 1.00 bits per heavy atom. The van der Waals surface area contributed by atoms with Gasteiger partial charge in [-0.15, -0.1) is 11.8 Å². The lowest BCUT2D eigenvalue weighted by atomic mass is 9.99. The molecule has 0 aliphatic carbocycles. The van der Waals surface area contributed by atoms with Gasteiger partial charge in [-0.3, -0.25) is 14.4 Å². The van der Waals surface area contributed by atoms with E-state index in [1.807, 2.05) is 106 Å². The van der Waals surface area contributed by atoms with Gasteiger partial charge in [-0.1, -0.05) is 66.7 Å². The fourth-order valence-corrected chi connectivity index (χ4v) is 6.16. The maximum atomic E-state index is 13.6. The molecule has 43 heavy (non-hydrogen) atoms. The van der Waals surface area contributed by atoms with Crippen LogP contribution in [0.3, 0.4) is 0 Å². The molecule has 1 aliphatic rings. The van der Waals surface area contributed by atoms with Gasteiger partial charge >= 0.3 is 0 Å². The van der Waals surface area contributed by atoms with E-state index in [-0.39, 0.29) is 24.8 Å². The summed E-state index contributed by atoms with van der Waals surface area (Å²) in [6, 6.07) is 21.2. The van der Waals surface area contributed by atoms with Crippen molar-refractivity contribution >= 4 is 35.2 Å². The molecule has 9 nitrogen and oxygen atoms in total. The van der Waals surface area contributed by atoms with Crippen molar-refractivity contribution in [2.75, 3.05) is 37.2 Å². The second-order valence-corrected chi connectivity index (χ2v) is 11.9. The lowest BCUT2D eigenvalue weighted by Crippen LogP contribution is -2.56. The zero-order valence-electron chi connectivity index (χ0n) is 25.1. The van der Waals surface area contributed by atoms with Crippen molar-refractivity contribution in [3.63, 3.8) is 0 Å². The third kappa shape index (κ3) is 8.30. The summed E-state index contributed by atoms with van der Waals surface area (Å²) in [6.07, 6.45) is -1.34. The summed E-state index contributed by atoms with van der Waals surface area (Å²) >= 11 is 1.45. The van der Waals surface area contributed by atoms with Gasteiger partial charge in [0, 0.05) is 26.4 Å². The number of rotatable bonds is 12. The molecular formula is C33H40N4O5S. The Morgan fingerprint density at radius 3 is 2.42 bits per heavy atom. The van der Waals surface area contributed by atoms with Crippen LogP contribution in [0, 0.1) is 13.8 Å². The van der Waals surface area contributed by atoms with Gasteiger partial charge in [0.05, 0.1) is 17.6 Å². The molecule has 1 fully saturated rings. The summed E-state index contributed by atoms with van der Waals surface area (Å²) in [7, 11) is 3.79. The van der Waals surface area contributed by atoms with Crippen molar-refractivity contribution in [3.8, 4) is 5.75 Å². The number of hydrogen-bond donors (Lipinski definition) is 3. The summed E-state index contributed by atoms with van der Waals surface area (Å²) in [5, 5.41) is 17.1. The number of aliphatic hydroxyl groups is 1. The van der Waals surface area contributed by atoms with Crippen LogP contribution in [0.4, 0.5) is 5.69 Å². The molecule has 3 aromatic carbocycles. The average molecular weight is 605 g/mol. The second-order valence-electron chi connectivity index (χ2n) is 10.9. The van der Waals surface area contributed by atoms with Crippen LogP contribution >= 0.6 is 11.8 Å². The predicted molar refractivity (Wildman–Crippen MR) is 170 cm³/mol. The highest BCUT2D eigenvalue weighted by molar-refractivity contribution is 7.99. The van der Waals surface area contributed by atoms with E-state index in [9.17, 15) is 19.5 Å². The highest BCUT2D eigenvalue weighted by atomic mass is 32.2. The fraction of sp³-hybridized carbons (Fsp3) is 0.364. The van der Waals surface area contributed by atoms with Crippen LogP contribution in [0.1, 0.15) is 22.3 Å². The largest absolute Gasteiger partial charge is 0.481 e. The number of anilines is 1. The topological polar surface area (TPSA) is 111 Å². The Bertz CT molecular complexity index is 1420. The lowest BCUT2D eigenvalue weighted by Gasteiger charge is -2.30. The molecule has 3 N–H and O–H groups in total. The van der Waals surface area contributed by atoms with Crippen molar-refractivity contribution in [1.82, 2.24) is 15.5 Å². The molecule has 1 saturated heterocycles. The van der Waals surface area contributed by atoms with E-state index >= 15 is 0 Å². The monoisotopic (exact) mass is 604 g/mol. The zero-order chi connectivity index (χ0) is 30.9. The summed E-state index contributed by atoms with van der Waals surface area (Å²) in [5.74, 6) is -0.0605. The van der Waals surface area contributed by atoms with Gasteiger partial charge in [0.25, 0.3) is 11.8 Å². The minimum absolute atomic E-state index is 0.220. The Labute approximate surface area is 257 Å². The summed E-state index contributed by atoms with van der Waals surface area (Å²) in [5.41, 5.74) is 4.62. The number of ether oxygens (including phenoxy) is 1. The van der Waals surface area contributed by atoms with E-state index in [1.165, 1.54) is 16.7 Å². The number of aliphatic hydroxyl groups excluding tert-OH is 1. The van der Waals surface area contributed by atoms with Crippen LogP contribution < -0.4 is 20.3 Å². The van der Waals surface area contributed by atoms with E-state index < -0.39 is 30.0 Å². The molecule has 0 radical (unpaired) electrons. The number of carbonyl (C=O) groups is 3. The average Bonchev–Trinajstić information content (AvgIpc) is 3.49. The van der Waals surface area contributed by atoms with E-state index in [0.717, 1.165) is 27.9 Å². The van der Waals surface area contributed by atoms with Crippen LogP contribution in [0.5, 0.6) is 5.75 Å². The first-order chi connectivity index (χ1) is 20.7. The number of thioether (sulfide) groups is 1. The van der Waals surface area contributed by atoms with Gasteiger partial charge < -0.3 is 30.3 Å². The number of benzene rings is 3. The van der Waals surface area contributed by atoms with Gasteiger partial charge in [-0.05, 0) is 48.6 Å². The molecule has 3 aromatic rings. The Hall–Kier alpha value is -4.02. The van der Waals surface area contributed by atoms with Crippen LogP contribution in [0.15, 0.2) is 72.8 Å². The summed E-state index contributed by atoms with van der Waals surface area (Å²) < 4.78 is 5.92. The van der Waals surface area contributed by atoms with E-state index in [2.05, 4.69) is 10.6 Å². The SMILES string of the molecule is Cc1ccccc1CNC(=O)[C@@H]1CSCN1C(=O)[C@@H](O)[C@H](Cc1ccccc1)NC(=O)COc1c(C)cccc1N(C)C. The van der Waals surface area contributed by atoms with Crippen LogP contribution in [0.2, 0.25) is 0 Å². The molecule has 3 amide bonds. The minimum Gasteiger partial charge on any atom is -0.481 e. The molecule has 228 valence electrons. The molecule has 10 heteroatoms. The van der Waals surface area contributed by atoms with Crippen LogP contribution in [0.25, 0.3) is 0 Å². The quantitative estimate of drug-likeness (QED) is 0.292. The smallest absolute Gasteiger partial charge is 0.258 e. The number of aryl methyl sites for hydroxylation is 2. The summed E-state index contributed by atoms with van der Waals surface area (Å²) in [6.45, 7) is 3.94. The maximum absolute atomic E-state index is 13.6. The third-order valence-corrected chi connectivity index (χ3v) is 8.49. The Kier molecular flexibility index (Phi) is 11.1. The normalized spacial score (nSPS) is 15.8. The molecule has 0 bridgehead atoms. The van der Waals surface area contributed by atoms with Crippen molar-refractivity contribution in [2.24, 2.45) is 0 Å². The lowest BCUT2D eigenvalue weighted by molar-refractivity contribution is -0.146. The Morgan fingerprint density at radius 2 is 1.70 bits per heavy atom. The second kappa shape index (κ2) is 14.9. The van der Waals surface area contributed by atoms with Gasteiger partial charge in [-0.25, -0.2) is 0 Å². The van der Waals surface area contributed by atoms with E-state index in [4.69, 9.17) is 4.74 Å². The standard InChI is InChI=1S/C33H40N4O5S/c1-22-11-8-9-15-25(22)18-34-32(40)28-20-43-21-37(28)33(41)30(39)26(17-24-13-6-5-7-14-24)35-29(38)19-42-31-23(2)12-10-16-27(31)36(3)4/h5-16,26,28,30,39H,17-21H2,1-4H3,(H,34,40)(H,35,38)/t26-,28-,30-/m0/s1. The number of para-hydroxylation sites is 1. The number of hydrogen-bond acceptors (Lipinski definition) is 7. The van der Waals surface area contributed by atoms with E-state index in [1.54, 1.807) is 0 Å². The molecular weight excluding hydrogens is 564 g/mol. The van der Waals surface area contributed by atoms with Crippen molar-refractivity contribution < 1.29 is 24.2 Å². The Balaban J connectivity index is 1.45. The molecule has 0 unspecified atom stereocenters.